The van der Waals surface area contributed by atoms with E-state index in [0.29, 0.717) is 5.92 Å². The predicted molar refractivity (Wildman–Crippen MR) is 49.2 cm³/mol. The highest BCUT2D eigenvalue weighted by Crippen LogP contribution is 2.39. The van der Waals surface area contributed by atoms with Crippen LogP contribution in [0.3, 0.4) is 0 Å². The van der Waals surface area contributed by atoms with Crippen LogP contribution >= 0.6 is 0 Å². The van der Waals surface area contributed by atoms with Crippen LogP contribution in [0.15, 0.2) is 17.3 Å². The second-order valence-electron chi connectivity index (χ2n) is 4.15. The summed E-state index contributed by atoms with van der Waals surface area (Å²) in [4.78, 5) is 4.34. The molecule has 0 atom stereocenters. The summed E-state index contributed by atoms with van der Waals surface area (Å²) < 4.78 is 0. The summed E-state index contributed by atoms with van der Waals surface area (Å²) in [5.41, 5.74) is 0.887. The lowest BCUT2D eigenvalue weighted by Gasteiger charge is -2.41. The summed E-state index contributed by atoms with van der Waals surface area (Å²) in [7, 11) is 0. The molecule has 0 saturated heterocycles. The highest BCUT2D eigenvalue weighted by Gasteiger charge is 2.40. The molecule has 1 heterocycles. The van der Waals surface area contributed by atoms with Gasteiger partial charge < -0.3 is 5.11 Å². The zero-order valence-corrected chi connectivity index (χ0v) is 7.45. The van der Waals surface area contributed by atoms with Gasteiger partial charge in [-0.05, 0) is 32.6 Å². The van der Waals surface area contributed by atoms with E-state index in [4.69, 9.17) is 0 Å². The fraction of sp³-hybridized carbons (Fsp3) is 0.700. The SMILES string of the molecule is CC1(O)CC(C2=NC=CCC2)C1. The van der Waals surface area contributed by atoms with E-state index in [2.05, 4.69) is 11.1 Å². The van der Waals surface area contributed by atoms with Gasteiger partial charge in [0.2, 0.25) is 0 Å². The Kier molecular flexibility index (Phi) is 1.80. The molecule has 0 spiro atoms. The zero-order chi connectivity index (χ0) is 8.60. The Morgan fingerprint density at radius 2 is 2.33 bits per heavy atom. The maximum Gasteiger partial charge on any atom is 0.0632 e. The molecule has 1 fully saturated rings. The quantitative estimate of drug-likeness (QED) is 0.632. The van der Waals surface area contributed by atoms with Crippen molar-refractivity contribution in [2.75, 3.05) is 0 Å². The molecule has 1 aliphatic heterocycles. The molecule has 1 N–H and O–H groups in total. The molecule has 0 radical (unpaired) electrons. The smallest absolute Gasteiger partial charge is 0.0632 e. The van der Waals surface area contributed by atoms with Crippen molar-refractivity contribution in [1.82, 2.24) is 0 Å². The molecule has 66 valence electrons. The number of hydrogen-bond acceptors (Lipinski definition) is 2. The minimum Gasteiger partial charge on any atom is -0.390 e. The van der Waals surface area contributed by atoms with E-state index in [9.17, 15) is 5.11 Å². The minimum absolute atomic E-state index is 0.408. The van der Waals surface area contributed by atoms with Gasteiger partial charge >= 0.3 is 0 Å². The molecule has 0 aromatic carbocycles. The summed E-state index contributed by atoms with van der Waals surface area (Å²) in [5.74, 6) is 0.560. The van der Waals surface area contributed by atoms with Crippen molar-refractivity contribution >= 4 is 5.71 Å². The van der Waals surface area contributed by atoms with Crippen molar-refractivity contribution < 1.29 is 5.11 Å². The largest absolute Gasteiger partial charge is 0.390 e. The van der Waals surface area contributed by atoms with E-state index in [1.165, 1.54) is 5.71 Å². The van der Waals surface area contributed by atoms with Crippen LogP contribution in [0.25, 0.3) is 0 Å². The van der Waals surface area contributed by atoms with Gasteiger partial charge in [-0.3, -0.25) is 4.99 Å². The van der Waals surface area contributed by atoms with Crippen molar-refractivity contribution in [3.63, 3.8) is 0 Å². The van der Waals surface area contributed by atoms with Crippen LogP contribution in [0.2, 0.25) is 0 Å². The van der Waals surface area contributed by atoms with Crippen LogP contribution in [0.1, 0.15) is 32.6 Å². The van der Waals surface area contributed by atoms with Crippen LogP contribution in [-0.4, -0.2) is 16.4 Å². The average molecular weight is 165 g/mol. The Morgan fingerprint density at radius 3 is 2.83 bits per heavy atom. The zero-order valence-electron chi connectivity index (χ0n) is 7.45. The second kappa shape index (κ2) is 2.70. The van der Waals surface area contributed by atoms with E-state index in [-0.39, 0.29) is 0 Å². The van der Waals surface area contributed by atoms with E-state index < -0.39 is 5.60 Å². The third-order valence-electron chi connectivity index (χ3n) is 2.76. The van der Waals surface area contributed by atoms with Gasteiger partial charge in [-0.1, -0.05) is 6.08 Å². The number of allylic oxidation sites excluding steroid dienone is 1. The Balaban J connectivity index is 1.95. The maximum atomic E-state index is 9.54. The molecule has 0 aromatic heterocycles. The molecule has 2 aliphatic rings. The summed E-state index contributed by atoms with van der Waals surface area (Å²) in [6.45, 7) is 1.91. The van der Waals surface area contributed by atoms with Gasteiger partial charge in [-0.25, -0.2) is 0 Å². The van der Waals surface area contributed by atoms with E-state index in [0.717, 1.165) is 25.7 Å². The molecular weight excluding hydrogens is 150 g/mol. The van der Waals surface area contributed by atoms with Gasteiger partial charge in [-0.15, -0.1) is 0 Å². The third-order valence-corrected chi connectivity index (χ3v) is 2.76. The Hall–Kier alpha value is -0.630. The van der Waals surface area contributed by atoms with Crippen molar-refractivity contribution in [3.8, 4) is 0 Å². The summed E-state index contributed by atoms with van der Waals surface area (Å²) in [6, 6.07) is 0. The first-order valence-corrected chi connectivity index (χ1v) is 4.61. The first-order valence-electron chi connectivity index (χ1n) is 4.61. The molecule has 0 unspecified atom stereocenters. The number of aliphatic hydroxyl groups is 1. The molecule has 0 bridgehead atoms. The first kappa shape index (κ1) is 7.99. The Labute approximate surface area is 73.0 Å². The molecule has 1 saturated carbocycles. The van der Waals surface area contributed by atoms with Crippen LogP contribution in [-0.2, 0) is 0 Å². The summed E-state index contributed by atoms with van der Waals surface area (Å²) in [6.07, 6.45) is 8.01. The highest BCUT2D eigenvalue weighted by molar-refractivity contribution is 5.89. The van der Waals surface area contributed by atoms with Crippen molar-refractivity contribution in [2.24, 2.45) is 10.9 Å². The standard InChI is InChI=1S/C10H15NO/c1-10(12)6-8(7-10)9-4-2-3-5-11-9/h3,5,8,12H,2,4,6-7H2,1H3. The number of aliphatic imine (C=N–C) groups is 1. The van der Waals surface area contributed by atoms with E-state index in [1.54, 1.807) is 0 Å². The maximum absolute atomic E-state index is 9.54. The second-order valence-corrected chi connectivity index (χ2v) is 4.15. The highest BCUT2D eigenvalue weighted by atomic mass is 16.3. The minimum atomic E-state index is -0.408. The van der Waals surface area contributed by atoms with Crippen molar-refractivity contribution in [1.29, 1.82) is 0 Å². The summed E-state index contributed by atoms with van der Waals surface area (Å²) >= 11 is 0. The van der Waals surface area contributed by atoms with Gasteiger partial charge in [0.15, 0.2) is 0 Å². The number of hydrogen-bond donors (Lipinski definition) is 1. The van der Waals surface area contributed by atoms with Crippen LogP contribution in [0.5, 0.6) is 0 Å². The molecule has 0 amide bonds. The molecule has 2 rings (SSSR count). The van der Waals surface area contributed by atoms with E-state index in [1.807, 2.05) is 13.1 Å². The van der Waals surface area contributed by atoms with Crippen LogP contribution in [0, 0.1) is 5.92 Å². The molecule has 12 heavy (non-hydrogen) atoms. The average Bonchev–Trinajstić information content (AvgIpc) is 2.02. The lowest BCUT2D eigenvalue weighted by atomic mass is 9.69. The van der Waals surface area contributed by atoms with Crippen LogP contribution in [0.4, 0.5) is 0 Å². The predicted octanol–water partition coefficient (Wildman–Crippen LogP) is 1.90. The lowest BCUT2D eigenvalue weighted by molar-refractivity contribution is -0.0361. The molecule has 2 heteroatoms. The molecule has 1 aliphatic carbocycles. The topological polar surface area (TPSA) is 32.6 Å². The Bertz CT molecular complexity index is 232. The van der Waals surface area contributed by atoms with Crippen molar-refractivity contribution in [2.45, 2.75) is 38.2 Å². The molecular formula is C10H15NO. The van der Waals surface area contributed by atoms with Gasteiger partial charge in [-0.2, -0.15) is 0 Å². The van der Waals surface area contributed by atoms with Gasteiger partial charge in [0.1, 0.15) is 0 Å². The Morgan fingerprint density at radius 1 is 1.58 bits per heavy atom. The van der Waals surface area contributed by atoms with Gasteiger partial charge in [0, 0.05) is 17.8 Å². The number of rotatable bonds is 1. The fourth-order valence-corrected chi connectivity index (χ4v) is 2.07. The van der Waals surface area contributed by atoms with E-state index >= 15 is 0 Å². The fourth-order valence-electron chi connectivity index (χ4n) is 2.07. The lowest BCUT2D eigenvalue weighted by Crippen LogP contribution is -2.44. The van der Waals surface area contributed by atoms with Crippen LogP contribution < -0.4 is 0 Å². The normalized spacial score (nSPS) is 40.5. The van der Waals surface area contributed by atoms with Crippen molar-refractivity contribution in [3.05, 3.63) is 12.3 Å². The van der Waals surface area contributed by atoms with Gasteiger partial charge in [0.05, 0.1) is 5.60 Å². The number of nitrogens with zero attached hydrogens (tertiary/aromatic N) is 1. The monoisotopic (exact) mass is 165 g/mol. The molecule has 0 aromatic rings. The first-order chi connectivity index (χ1) is 5.67. The summed E-state index contributed by atoms with van der Waals surface area (Å²) in [5, 5.41) is 9.54. The van der Waals surface area contributed by atoms with Gasteiger partial charge in [0.25, 0.3) is 0 Å². The third kappa shape index (κ3) is 1.44. The molecule has 2 nitrogen and oxygen atoms in total.